The maximum absolute atomic E-state index is 12.5. The van der Waals surface area contributed by atoms with Crippen LogP contribution in [0.5, 0.6) is 5.75 Å². The van der Waals surface area contributed by atoms with E-state index in [1.54, 1.807) is 6.07 Å². The van der Waals surface area contributed by atoms with Crippen LogP contribution in [0, 0.1) is 11.8 Å². The van der Waals surface area contributed by atoms with Gasteiger partial charge in [-0.3, -0.25) is 9.59 Å². The highest BCUT2D eigenvalue weighted by atomic mass is 16.5. The highest BCUT2D eigenvalue weighted by Crippen LogP contribution is 2.41. The summed E-state index contributed by atoms with van der Waals surface area (Å²) in [4.78, 5) is 24.9. The molecule has 5 heteroatoms. The van der Waals surface area contributed by atoms with Crippen molar-refractivity contribution in [2.45, 2.75) is 26.7 Å². The first kappa shape index (κ1) is 18.0. The molecule has 0 bridgehead atoms. The molecule has 2 unspecified atom stereocenters. The summed E-state index contributed by atoms with van der Waals surface area (Å²) in [5, 5.41) is 5.84. The Hall–Kier alpha value is -2.82. The maximum atomic E-state index is 12.5. The van der Waals surface area contributed by atoms with Gasteiger partial charge >= 0.3 is 0 Å². The second-order valence-electron chi connectivity index (χ2n) is 6.37. The van der Waals surface area contributed by atoms with Crippen molar-refractivity contribution in [1.82, 2.24) is 0 Å². The number of anilines is 2. The predicted molar refractivity (Wildman–Crippen MR) is 102 cm³/mol. The maximum Gasteiger partial charge on any atom is 0.228 e. The van der Waals surface area contributed by atoms with Gasteiger partial charge in [0.05, 0.1) is 24.1 Å². The molecule has 1 aliphatic rings. The van der Waals surface area contributed by atoms with Crippen molar-refractivity contribution in [3.05, 3.63) is 54.1 Å². The number of carbonyl (C=O) groups is 2. The largest absolute Gasteiger partial charge is 0.492 e. The van der Waals surface area contributed by atoms with Crippen LogP contribution in [-0.2, 0) is 16.0 Å². The van der Waals surface area contributed by atoms with Gasteiger partial charge in [0.1, 0.15) is 5.75 Å². The van der Waals surface area contributed by atoms with Crippen LogP contribution in [0.2, 0.25) is 0 Å². The zero-order valence-corrected chi connectivity index (χ0v) is 15.1. The predicted octanol–water partition coefficient (Wildman–Crippen LogP) is 3.86. The van der Waals surface area contributed by atoms with Gasteiger partial charge < -0.3 is 15.4 Å². The zero-order valence-electron chi connectivity index (χ0n) is 15.1. The highest BCUT2D eigenvalue weighted by molar-refractivity contribution is 6.03. The van der Waals surface area contributed by atoms with Crippen LogP contribution in [0.1, 0.15) is 25.8 Å². The third kappa shape index (κ3) is 4.04. The van der Waals surface area contributed by atoms with Gasteiger partial charge in [-0.15, -0.1) is 0 Å². The quantitative estimate of drug-likeness (QED) is 0.795. The zero-order chi connectivity index (χ0) is 18.5. The van der Waals surface area contributed by atoms with E-state index < -0.39 is 0 Å². The minimum absolute atomic E-state index is 0.0934. The van der Waals surface area contributed by atoms with Gasteiger partial charge in [-0.2, -0.15) is 0 Å². The van der Waals surface area contributed by atoms with E-state index in [0.717, 1.165) is 17.7 Å². The van der Waals surface area contributed by atoms with Crippen molar-refractivity contribution in [2.24, 2.45) is 11.8 Å². The topological polar surface area (TPSA) is 67.4 Å². The Morgan fingerprint density at radius 1 is 0.923 bits per heavy atom. The van der Waals surface area contributed by atoms with Gasteiger partial charge in [-0.05, 0) is 43.5 Å². The third-order valence-electron chi connectivity index (χ3n) is 4.56. The molecule has 3 rings (SSSR count). The molecule has 0 heterocycles. The van der Waals surface area contributed by atoms with Crippen LogP contribution in [0.25, 0.3) is 0 Å². The molecule has 2 aromatic carbocycles. The first-order chi connectivity index (χ1) is 12.6. The van der Waals surface area contributed by atoms with E-state index in [-0.39, 0.29) is 23.7 Å². The number of nitrogens with one attached hydrogen (secondary N) is 2. The van der Waals surface area contributed by atoms with Crippen LogP contribution in [0.4, 0.5) is 11.4 Å². The number of carbonyl (C=O) groups excluding carboxylic acids is 2. The number of amides is 2. The van der Waals surface area contributed by atoms with Crippen LogP contribution in [0.3, 0.4) is 0 Å². The summed E-state index contributed by atoms with van der Waals surface area (Å²) in [6, 6.07) is 15.1. The fourth-order valence-electron chi connectivity index (χ4n) is 3.03. The van der Waals surface area contributed by atoms with Gasteiger partial charge in [0.2, 0.25) is 11.8 Å². The van der Waals surface area contributed by atoms with Gasteiger partial charge in [-0.25, -0.2) is 0 Å². The number of hydrogen-bond acceptors (Lipinski definition) is 3. The molecule has 136 valence electrons. The highest BCUT2D eigenvalue weighted by Gasteiger charge is 2.48. The summed E-state index contributed by atoms with van der Waals surface area (Å²) < 4.78 is 5.52. The smallest absolute Gasteiger partial charge is 0.228 e. The first-order valence-electron chi connectivity index (χ1n) is 9.05. The molecule has 1 saturated carbocycles. The molecule has 2 atom stereocenters. The van der Waals surface area contributed by atoms with Crippen LogP contribution in [0.15, 0.2) is 48.5 Å². The Kier molecular flexibility index (Phi) is 5.56. The van der Waals surface area contributed by atoms with Gasteiger partial charge in [-0.1, -0.05) is 37.3 Å². The SMILES string of the molecule is CCOc1ccccc1NC(=O)C1CC1C(=O)Nc1ccccc1CC. The molecule has 0 radical (unpaired) electrons. The summed E-state index contributed by atoms with van der Waals surface area (Å²) in [6.07, 6.45) is 1.42. The van der Waals surface area contributed by atoms with E-state index in [0.29, 0.717) is 24.5 Å². The fraction of sp³-hybridized carbons (Fsp3) is 0.333. The van der Waals surface area contributed by atoms with Gasteiger partial charge in [0.25, 0.3) is 0 Å². The lowest BCUT2D eigenvalue weighted by atomic mass is 10.1. The van der Waals surface area contributed by atoms with E-state index in [2.05, 4.69) is 10.6 Å². The Labute approximate surface area is 153 Å². The molecule has 5 nitrogen and oxygen atoms in total. The van der Waals surface area contributed by atoms with E-state index in [1.807, 2.05) is 56.3 Å². The Balaban J connectivity index is 1.59. The van der Waals surface area contributed by atoms with Gasteiger partial charge in [0, 0.05) is 5.69 Å². The monoisotopic (exact) mass is 352 g/mol. The Bertz CT molecular complexity index is 803. The van der Waals surface area contributed by atoms with Crippen molar-refractivity contribution in [3.63, 3.8) is 0 Å². The normalized spacial score (nSPS) is 18.1. The molecule has 0 aromatic heterocycles. The summed E-state index contributed by atoms with van der Waals surface area (Å²) in [7, 11) is 0. The molecular formula is C21H24N2O3. The second-order valence-corrected chi connectivity index (χ2v) is 6.37. The molecule has 0 aliphatic heterocycles. The minimum atomic E-state index is -0.293. The lowest BCUT2D eigenvalue weighted by molar-refractivity contribution is -0.122. The molecule has 1 fully saturated rings. The average molecular weight is 352 g/mol. The van der Waals surface area contributed by atoms with Crippen molar-refractivity contribution in [3.8, 4) is 5.75 Å². The Morgan fingerprint density at radius 3 is 2.15 bits per heavy atom. The van der Waals surface area contributed by atoms with Crippen molar-refractivity contribution >= 4 is 23.2 Å². The molecule has 0 saturated heterocycles. The minimum Gasteiger partial charge on any atom is -0.492 e. The molecule has 2 N–H and O–H groups in total. The third-order valence-corrected chi connectivity index (χ3v) is 4.56. The lowest BCUT2D eigenvalue weighted by Crippen LogP contribution is -2.21. The Morgan fingerprint density at radius 2 is 1.50 bits per heavy atom. The molecule has 1 aliphatic carbocycles. The number of hydrogen-bond donors (Lipinski definition) is 2. The summed E-state index contributed by atoms with van der Waals surface area (Å²) in [5.74, 6) is -0.162. The summed E-state index contributed by atoms with van der Waals surface area (Å²) >= 11 is 0. The molecule has 26 heavy (non-hydrogen) atoms. The number of rotatable bonds is 7. The van der Waals surface area contributed by atoms with Crippen LogP contribution >= 0.6 is 0 Å². The standard InChI is InChI=1S/C21H24N2O3/c1-3-14-9-5-6-10-17(14)22-20(24)15-13-16(15)21(25)23-18-11-7-8-12-19(18)26-4-2/h5-12,15-16H,3-4,13H2,1-2H3,(H,22,24)(H,23,25). The summed E-state index contributed by atoms with van der Waals surface area (Å²) in [5.41, 5.74) is 2.56. The first-order valence-corrected chi connectivity index (χ1v) is 9.05. The van der Waals surface area contributed by atoms with Crippen molar-refractivity contribution < 1.29 is 14.3 Å². The second kappa shape index (κ2) is 8.04. The number of aryl methyl sites for hydroxylation is 1. The van der Waals surface area contributed by atoms with E-state index in [4.69, 9.17) is 4.74 Å². The average Bonchev–Trinajstić information content (AvgIpc) is 3.45. The van der Waals surface area contributed by atoms with Gasteiger partial charge in [0.15, 0.2) is 0 Å². The van der Waals surface area contributed by atoms with E-state index in [1.165, 1.54) is 0 Å². The fourth-order valence-corrected chi connectivity index (χ4v) is 3.03. The van der Waals surface area contributed by atoms with E-state index in [9.17, 15) is 9.59 Å². The van der Waals surface area contributed by atoms with E-state index >= 15 is 0 Å². The molecule has 2 aromatic rings. The van der Waals surface area contributed by atoms with Crippen molar-refractivity contribution in [1.29, 1.82) is 0 Å². The lowest BCUT2D eigenvalue weighted by Gasteiger charge is -2.11. The number of ether oxygens (including phenoxy) is 1. The number of benzene rings is 2. The van der Waals surface area contributed by atoms with Crippen LogP contribution in [-0.4, -0.2) is 18.4 Å². The molecule has 0 spiro atoms. The summed E-state index contributed by atoms with van der Waals surface area (Å²) in [6.45, 7) is 4.47. The molecular weight excluding hydrogens is 328 g/mol. The van der Waals surface area contributed by atoms with Crippen LogP contribution < -0.4 is 15.4 Å². The van der Waals surface area contributed by atoms with Crippen molar-refractivity contribution in [2.75, 3.05) is 17.2 Å². The molecule has 2 amide bonds. The number of para-hydroxylation sites is 3.